The summed E-state index contributed by atoms with van der Waals surface area (Å²) in [5, 5.41) is 4.41. The van der Waals surface area contributed by atoms with Gasteiger partial charge < -0.3 is 0 Å². The predicted molar refractivity (Wildman–Crippen MR) is 154 cm³/mol. The fourth-order valence-electron chi connectivity index (χ4n) is 7.40. The van der Waals surface area contributed by atoms with Gasteiger partial charge in [0.15, 0.2) is 11.7 Å². The second kappa shape index (κ2) is 8.89. The average Bonchev–Trinajstić information content (AvgIpc) is 2.82. The molecule has 1 aromatic heterocycles. The molecule has 0 N–H and O–H groups in total. The maximum absolute atomic E-state index is 2.73. The highest BCUT2D eigenvalue weighted by Crippen LogP contribution is 2.53. The molecule has 1 heteroatoms. The third kappa shape index (κ3) is 3.75. The Morgan fingerprint density at radius 2 is 1.54 bits per heavy atom. The van der Waals surface area contributed by atoms with Crippen LogP contribution in [0.15, 0.2) is 36.5 Å². The van der Waals surface area contributed by atoms with Crippen molar-refractivity contribution >= 4 is 21.7 Å². The Labute approximate surface area is 215 Å². The van der Waals surface area contributed by atoms with E-state index >= 15 is 0 Å². The molecule has 0 fully saturated rings. The van der Waals surface area contributed by atoms with Gasteiger partial charge in [0.1, 0.15) is 0 Å². The molecule has 1 nitrogen and oxygen atoms in total. The summed E-state index contributed by atoms with van der Waals surface area (Å²) in [6.45, 7) is 24.2. The molecule has 4 rings (SSSR count). The Kier molecular flexibility index (Phi) is 6.65. The third-order valence-electron chi connectivity index (χ3n) is 9.95. The van der Waals surface area contributed by atoms with Gasteiger partial charge in [-0.15, -0.1) is 0 Å². The first-order valence-electron chi connectivity index (χ1n) is 14.4. The molecule has 0 amide bonds. The molecule has 2 aromatic carbocycles. The highest BCUT2D eigenvalue weighted by atomic mass is 15.1. The lowest BCUT2D eigenvalue weighted by molar-refractivity contribution is -0.755. The van der Waals surface area contributed by atoms with Crippen molar-refractivity contribution < 1.29 is 4.57 Å². The zero-order valence-electron chi connectivity index (χ0n) is 24.4. The Balaban J connectivity index is 2.22. The number of pyridine rings is 1. The second-order valence-corrected chi connectivity index (χ2v) is 13.2. The third-order valence-corrected chi connectivity index (χ3v) is 9.95. The van der Waals surface area contributed by atoms with Gasteiger partial charge in [0, 0.05) is 18.9 Å². The quantitative estimate of drug-likeness (QED) is 0.174. The Hall–Kier alpha value is -1.89. The fraction of sp³-hybridized carbons (Fsp3) is 0.618. The van der Waals surface area contributed by atoms with E-state index in [2.05, 4.69) is 110 Å². The minimum atomic E-state index is 0.0721. The van der Waals surface area contributed by atoms with E-state index in [1.807, 2.05) is 0 Å². The highest BCUT2D eigenvalue weighted by Gasteiger charge is 2.57. The molecule has 35 heavy (non-hydrogen) atoms. The largest absolute Gasteiger partial charge is 0.221 e. The van der Waals surface area contributed by atoms with Gasteiger partial charge >= 0.3 is 0 Å². The van der Waals surface area contributed by atoms with Gasteiger partial charge in [-0.25, -0.2) is 0 Å². The number of hydrogen-bond acceptors (Lipinski definition) is 0. The number of nitrogens with zero attached hydrogens (tertiary/aromatic N) is 1. The van der Waals surface area contributed by atoms with Gasteiger partial charge in [-0.05, 0) is 64.8 Å². The normalized spacial score (nSPS) is 19.7. The Morgan fingerprint density at radius 1 is 0.857 bits per heavy atom. The van der Waals surface area contributed by atoms with Crippen LogP contribution in [-0.4, -0.2) is 0 Å². The summed E-state index contributed by atoms with van der Waals surface area (Å²) >= 11 is 0. The van der Waals surface area contributed by atoms with Crippen LogP contribution in [0, 0.1) is 0 Å². The molecule has 0 saturated heterocycles. The van der Waals surface area contributed by atoms with Crippen molar-refractivity contribution in [1.82, 2.24) is 0 Å². The van der Waals surface area contributed by atoms with Crippen LogP contribution in [0.1, 0.15) is 131 Å². The summed E-state index contributed by atoms with van der Waals surface area (Å²) in [6, 6.07) is 12.4. The summed E-state index contributed by atoms with van der Waals surface area (Å²) < 4.78 is 2.73. The molecular formula is C34H50N+. The maximum atomic E-state index is 2.73. The van der Waals surface area contributed by atoms with Crippen LogP contribution < -0.4 is 4.57 Å². The van der Waals surface area contributed by atoms with Crippen molar-refractivity contribution in [2.45, 2.75) is 136 Å². The number of benzene rings is 2. The Morgan fingerprint density at radius 3 is 2.11 bits per heavy atom. The first-order valence-corrected chi connectivity index (χ1v) is 14.4. The lowest BCUT2D eigenvalue weighted by atomic mass is 9.58. The van der Waals surface area contributed by atoms with Crippen LogP contribution in [0.5, 0.6) is 0 Å². The van der Waals surface area contributed by atoms with Crippen LogP contribution in [-0.2, 0) is 21.8 Å². The van der Waals surface area contributed by atoms with E-state index in [0.29, 0.717) is 0 Å². The van der Waals surface area contributed by atoms with E-state index in [0.717, 1.165) is 19.3 Å². The summed E-state index contributed by atoms with van der Waals surface area (Å²) in [4.78, 5) is 0. The van der Waals surface area contributed by atoms with E-state index in [4.69, 9.17) is 0 Å². The molecule has 0 radical (unpaired) electrons. The van der Waals surface area contributed by atoms with Gasteiger partial charge in [-0.2, -0.15) is 4.57 Å². The molecule has 0 saturated carbocycles. The predicted octanol–water partition coefficient (Wildman–Crippen LogP) is 9.63. The summed E-state index contributed by atoms with van der Waals surface area (Å²) in [7, 11) is 0. The van der Waals surface area contributed by atoms with E-state index in [9.17, 15) is 0 Å². The zero-order valence-corrected chi connectivity index (χ0v) is 24.4. The van der Waals surface area contributed by atoms with Gasteiger partial charge in [-0.3, -0.25) is 0 Å². The molecule has 2 heterocycles. The summed E-state index contributed by atoms with van der Waals surface area (Å²) in [5.74, 6) is 0. The zero-order chi connectivity index (χ0) is 25.8. The van der Waals surface area contributed by atoms with Gasteiger partial charge in [0.25, 0.3) is 0 Å². The van der Waals surface area contributed by atoms with Crippen LogP contribution in [0.3, 0.4) is 0 Å². The van der Waals surface area contributed by atoms with Gasteiger partial charge in [0.2, 0.25) is 5.52 Å². The van der Waals surface area contributed by atoms with Crippen molar-refractivity contribution in [3.63, 3.8) is 0 Å². The van der Waals surface area contributed by atoms with Crippen LogP contribution in [0.4, 0.5) is 0 Å². The fourth-order valence-corrected chi connectivity index (χ4v) is 7.40. The molecule has 190 valence electrons. The first kappa shape index (κ1) is 26.2. The van der Waals surface area contributed by atoms with Crippen LogP contribution in [0.2, 0.25) is 0 Å². The molecule has 1 atom stereocenters. The molecule has 0 aliphatic carbocycles. The number of unbranched alkanes of at least 4 members (excludes halogenated alkanes) is 2. The van der Waals surface area contributed by atoms with Crippen LogP contribution in [0.25, 0.3) is 21.7 Å². The average molecular weight is 473 g/mol. The molecule has 1 aliphatic rings. The molecule has 1 unspecified atom stereocenters. The summed E-state index contributed by atoms with van der Waals surface area (Å²) in [5.41, 5.74) is 6.49. The molecular weight excluding hydrogens is 422 g/mol. The van der Waals surface area contributed by atoms with Crippen molar-refractivity contribution in [2.24, 2.45) is 0 Å². The molecule has 0 bridgehead atoms. The van der Waals surface area contributed by atoms with Crippen molar-refractivity contribution in [2.75, 3.05) is 0 Å². The minimum Gasteiger partial charge on any atom is -0.192 e. The Bertz CT molecular complexity index is 1240. The lowest BCUT2D eigenvalue weighted by Crippen LogP contribution is -2.67. The van der Waals surface area contributed by atoms with Crippen molar-refractivity contribution in [1.29, 1.82) is 0 Å². The lowest BCUT2D eigenvalue weighted by Gasteiger charge is -2.47. The van der Waals surface area contributed by atoms with E-state index in [1.165, 1.54) is 58.5 Å². The number of aromatic nitrogens is 1. The standard InChI is InChI=1S/C34H50N/c1-11-15-16-19-32(8,9)27-22-24-21-25(31(5,6)7)23-28-29(24)30-26(27)18-17-20-35(30)34(13-3,14-4)33(28,10)12-2/h17-18,20-23H,11-16,19H2,1-10H3/q+1. The van der Waals surface area contributed by atoms with Crippen molar-refractivity contribution in [3.05, 3.63) is 53.2 Å². The smallest absolute Gasteiger partial charge is 0.192 e. The minimum absolute atomic E-state index is 0.0721. The van der Waals surface area contributed by atoms with Crippen LogP contribution >= 0.6 is 0 Å². The number of rotatable bonds is 8. The molecule has 1 aliphatic heterocycles. The monoisotopic (exact) mass is 472 g/mol. The van der Waals surface area contributed by atoms with Crippen molar-refractivity contribution in [3.8, 4) is 0 Å². The second-order valence-electron chi connectivity index (χ2n) is 13.2. The van der Waals surface area contributed by atoms with E-state index in [1.54, 1.807) is 5.56 Å². The van der Waals surface area contributed by atoms with E-state index in [-0.39, 0.29) is 21.8 Å². The van der Waals surface area contributed by atoms with Gasteiger partial charge in [-0.1, -0.05) is 93.7 Å². The molecule has 0 spiro atoms. The topological polar surface area (TPSA) is 3.88 Å². The SMILES string of the molecule is CCCCCC(C)(C)c1cc2cc(C(C)(C)C)cc3c2c2c1ccc[n+]2C(CC)(CC)C3(C)CC. The van der Waals surface area contributed by atoms with E-state index < -0.39 is 0 Å². The maximum Gasteiger partial charge on any atom is 0.221 e. The molecule has 3 aromatic rings. The summed E-state index contributed by atoms with van der Waals surface area (Å²) in [6.07, 6.45) is 11.0. The van der Waals surface area contributed by atoms with Gasteiger partial charge in [0.05, 0.1) is 16.2 Å². The first-order chi connectivity index (χ1) is 16.4. The highest BCUT2D eigenvalue weighted by molar-refractivity contribution is 6.08. The number of hydrogen-bond donors (Lipinski definition) is 0.